The van der Waals surface area contributed by atoms with Gasteiger partial charge in [0.25, 0.3) is 5.92 Å². The molecule has 1 fully saturated rings. The standard InChI is InChI=1S/C14H15F2N5O2/c1-9-6-10(21-8-11(13(22)23)18-19-21)7-17-12(9)20-4-2-14(15,16)3-5-20/h6-8H,2-5H2,1H3,(H,22,23). The van der Waals surface area contributed by atoms with Gasteiger partial charge in [0.05, 0.1) is 18.1 Å². The van der Waals surface area contributed by atoms with Crippen molar-refractivity contribution in [3.63, 3.8) is 0 Å². The summed E-state index contributed by atoms with van der Waals surface area (Å²) in [7, 11) is 0. The van der Waals surface area contributed by atoms with Gasteiger partial charge in [-0.05, 0) is 18.6 Å². The summed E-state index contributed by atoms with van der Waals surface area (Å²) in [4.78, 5) is 17.0. The lowest BCUT2D eigenvalue weighted by atomic mass is 10.1. The molecule has 0 atom stereocenters. The monoisotopic (exact) mass is 323 g/mol. The van der Waals surface area contributed by atoms with Crippen LogP contribution in [0.25, 0.3) is 5.69 Å². The number of aromatic nitrogens is 4. The van der Waals surface area contributed by atoms with Crippen molar-refractivity contribution in [1.82, 2.24) is 20.0 Å². The molecule has 0 aliphatic carbocycles. The number of carbonyl (C=O) groups is 1. The number of hydrogen-bond donors (Lipinski definition) is 1. The van der Waals surface area contributed by atoms with E-state index in [4.69, 9.17) is 5.11 Å². The Kier molecular flexibility index (Phi) is 3.70. The van der Waals surface area contributed by atoms with Crippen molar-refractivity contribution in [3.8, 4) is 5.69 Å². The summed E-state index contributed by atoms with van der Waals surface area (Å²) in [5.74, 6) is -3.10. The highest BCUT2D eigenvalue weighted by molar-refractivity contribution is 5.84. The highest BCUT2D eigenvalue weighted by Gasteiger charge is 2.34. The van der Waals surface area contributed by atoms with Crippen molar-refractivity contribution in [2.24, 2.45) is 0 Å². The van der Waals surface area contributed by atoms with Crippen LogP contribution in [-0.4, -0.2) is 50.1 Å². The predicted octanol–water partition coefficient (Wildman–Crippen LogP) is 1.90. The first-order chi connectivity index (χ1) is 10.9. The first-order valence-electron chi connectivity index (χ1n) is 7.11. The van der Waals surface area contributed by atoms with Crippen LogP contribution in [0.3, 0.4) is 0 Å². The molecule has 1 aliphatic rings. The molecule has 2 aromatic rings. The van der Waals surface area contributed by atoms with E-state index in [2.05, 4.69) is 15.3 Å². The molecule has 3 heterocycles. The Balaban J connectivity index is 1.82. The third kappa shape index (κ3) is 3.13. The lowest BCUT2D eigenvalue weighted by molar-refractivity contribution is -0.0221. The fourth-order valence-electron chi connectivity index (χ4n) is 2.54. The first-order valence-corrected chi connectivity index (χ1v) is 7.11. The molecule has 1 aliphatic heterocycles. The largest absolute Gasteiger partial charge is 0.476 e. The minimum atomic E-state index is -2.60. The van der Waals surface area contributed by atoms with Crippen molar-refractivity contribution in [2.45, 2.75) is 25.7 Å². The number of aromatic carboxylic acids is 1. The number of aryl methyl sites for hydroxylation is 1. The van der Waals surface area contributed by atoms with Crippen molar-refractivity contribution in [1.29, 1.82) is 0 Å². The molecule has 3 rings (SSSR count). The van der Waals surface area contributed by atoms with Gasteiger partial charge in [-0.15, -0.1) is 5.10 Å². The van der Waals surface area contributed by atoms with E-state index in [1.54, 1.807) is 6.07 Å². The van der Waals surface area contributed by atoms with E-state index in [1.807, 2.05) is 11.8 Å². The molecule has 0 spiro atoms. The van der Waals surface area contributed by atoms with Crippen LogP contribution in [0, 0.1) is 6.92 Å². The van der Waals surface area contributed by atoms with Crippen molar-refractivity contribution < 1.29 is 18.7 Å². The zero-order chi connectivity index (χ0) is 16.6. The molecule has 7 nitrogen and oxygen atoms in total. The van der Waals surface area contributed by atoms with Crippen LogP contribution in [0.2, 0.25) is 0 Å². The number of pyridine rings is 1. The van der Waals surface area contributed by atoms with Gasteiger partial charge in [-0.25, -0.2) is 23.2 Å². The fraction of sp³-hybridized carbons (Fsp3) is 0.429. The molecule has 9 heteroatoms. The maximum absolute atomic E-state index is 13.2. The van der Waals surface area contributed by atoms with E-state index in [-0.39, 0.29) is 31.6 Å². The maximum atomic E-state index is 13.2. The minimum Gasteiger partial charge on any atom is -0.476 e. The van der Waals surface area contributed by atoms with Crippen LogP contribution < -0.4 is 4.90 Å². The second-order valence-corrected chi connectivity index (χ2v) is 5.53. The lowest BCUT2D eigenvalue weighted by Crippen LogP contribution is -2.40. The Hall–Kier alpha value is -2.58. The number of piperidine rings is 1. The van der Waals surface area contributed by atoms with E-state index in [0.29, 0.717) is 11.5 Å². The van der Waals surface area contributed by atoms with E-state index in [1.165, 1.54) is 17.1 Å². The number of hydrogen-bond acceptors (Lipinski definition) is 5. The van der Waals surface area contributed by atoms with Gasteiger partial charge in [-0.1, -0.05) is 5.21 Å². The van der Waals surface area contributed by atoms with Crippen LogP contribution in [0.4, 0.5) is 14.6 Å². The number of anilines is 1. The third-order valence-corrected chi connectivity index (χ3v) is 3.81. The molecule has 0 bridgehead atoms. The van der Waals surface area contributed by atoms with Gasteiger partial charge in [0.1, 0.15) is 5.82 Å². The Morgan fingerprint density at radius 3 is 2.61 bits per heavy atom. The fourth-order valence-corrected chi connectivity index (χ4v) is 2.54. The second kappa shape index (κ2) is 5.56. The average Bonchev–Trinajstić information content (AvgIpc) is 2.98. The number of halogens is 2. The minimum absolute atomic E-state index is 0.162. The molecule has 1 saturated heterocycles. The Morgan fingerprint density at radius 1 is 1.35 bits per heavy atom. The molecule has 0 aromatic carbocycles. The number of carboxylic acids is 1. The molecule has 0 saturated carbocycles. The second-order valence-electron chi connectivity index (χ2n) is 5.53. The van der Waals surface area contributed by atoms with Crippen LogP contribution >= 0.6 is 0 Å². The number of alkyl halides is 2. The Labute approximate surface area is 130 Å². The van der Waals surface area contributed by atoms with Crippen LogP contribution in [-0.2, 0) is 0 Å². The van der Waals surface area contributed by atoms with Crippen LogP contribution in [0.15, 0.2) is 18.5 Å². The summed E-state index contributed by atoms with van der Waals surface area (Å²) >= 11 is 0. The maximum Gasteiger partial charge on any atom is 0.358 e. The zero-order valence-electron chi connectivity index (χ0n) is 12.4. The normalized spacial score (nSPS) is 17.3. The topological polar surface area (TPSA) is 84.1 Å². The predicted molar refractivity (Wildman–Crippen MR) is 77.2 cm³/mol. The summed E-state index contributed by atoms with van der Waals surface area (Å²) in [5, 5.41) is 16.1. The smallest absolute Gasteiger partial charge is 0.358 e. The summed E-state index contributed by atoms with van der Waals surface area (Å²) in [6, 6.07) is 1.77. The van der Waals surface area contributed by atoms with Crippen molar-refractivity contribution >= 4 is 11.8 Å². The molecular formula is C14H15F2N5O2. The number of rotatable bonds is 3. The summed E-state index contributed by atoms with van der Waals surface area (Å²) in [6.45, 7) is 2.34. The van der Waals surface area contributed by atoms with Gasteiger partial charge in [0.15, 0.2) is 5.69 Å². The van der Waals surface area contributed by atoms with Crippen molar-refractivity contribution in [3.05, 3.63) is 29.7 Å². The van der Waals surface area contributed by atoms with Gasteiger partial charge in [-0.3, -0.25) is 0 Å². The Bertz CT molecular complexity index is 737. The quantitative estimate of drug-likeness (QED) is 0.929. The van der Waals surface area contributed by atoms with Gasteiger partial charge in [0.2, 0.25) is 0 Å². The summed E-state index contributed by atoms with van der Waals surface area (Å²) < 4.78 is 27.8. The van der Waals surface area contributed by atoms with Crippen LogP contribution in [0.5, 0.6) is 0 Å². The van der Waals surface area contributed by atoms with Gasteiger partial charge in [-0.2, -0.15) is 0 Å². The van der Waals surface area contributed by atoms with Gasteiger partial charge in [0, 0.05) is 25.9 Å². The van der Waals surface area contributed by atoms with E-state index >= 15 is 0 Å². The van der Waals surface area contributed by atoms with Crippen molar-refractivity contribution in [2.75, 3.05) is 18.0 Å². The van der Waals surface area contributed by atoms with E-state index in [9.17, 15) is 13.6 Å². The SMILES string of the molecule is Cc1cc(-n2cc(C(=O)O)nn2)cnc1N1CCC(F)(F)CC1. The highest BCUT2D eigenvalue weighted by Crippen LogP contribution is 2.31. The highest BCUT2D eigenvalue weighted by atomic mass is 19.3. The molecule has 23 heavy (non-hydrogen) atoms. The van der Waals surface area contributed by atoms with Crippen LogP contribution in [0.1, 0.15) is 28.9 Å². The first kappa shape index (κ1) is 15.3. The number of nitrogens with zero attached hydrogens (tertiary/aromatic N) is 5. The number of carboxylic acid groups (broad SMARTS) is 1. The average molecular weight is 323 g/mol. The third-order valence-electron chi connectivity index (χ3n) is 3.81. The molecule has 122 valence electrons. The summed E-state index contributed by atoms with van der Waals surface area (Å²) in [6.07, 6.45) is 2.46. The molecule has 2 aromatic heterocycles. The van der Waals surface area contributed by atoms with E-state index < -0.39 is 11.9 Å². The molecular weight excluding hydrogens is 308 g/mol. The summed E-state index contributed by atoms with van der Waals surface area (Å²) in [5.41, 5.74) is 1.21. The molecule has 0 unspecified atom stereocenters. The van der Waals surface area contributed by atoms with Gasteiger partial charge < -0.3 is 10.0 Å². The molecule has 1 N–H and O–H groups in total. The zero-order valence-corrected chi connectivity index (χ0v) is 12.4. The van der Waals surface area contributed by atoms with Gasteiger partial charge >= 0.3 is 5.97 Å². The molecule has 0 amide bonds. The lowest BCUT2D eigenvalue weighted by Gasteiger charge is -2.33. The van der Waals surface area contributed by atoms with E-state index in [0.717, 1.165) is 5.56 Å². The Morgan fingerprint density at radius 2 is 2.04 bits per heavy atom. The molecule has 0 radical (unpaired) electrons.